The van der Waals surface area contributed by atoms with Crippen LogP contribution in [0.15, 0.2) is 35.3 Å². The molecule has 2 aromatic rings. The van der Waals surface area contributed by atoms with Crippen molar-refractivity contribution in [1.29, 1.82) is 5.26 Å². The zero-order valence-electron chi connectivity index (χ0n) is 10.4. The number of rotatable bonds is 2. The number of aromatic nitrogens is 1. The Kier molecular flexibility index (Phi) is 3.34. The van der Waals surface area contributed by atoms with E-state index in [2.05, 4.69) is 0 Å². The maximum Gasteiger partial charge on any atom is 0.251 e. The molecule has 0 aliphatic heterocycles. The number of anilines is 1. The number of pyridine rings is 1. The van der Waals surface area contributed by atoms with Gasteiger partial charge >= 0.3 is 0 Å². The van der Waals surface area contributed by atoms with Crippen molar-refractivity contribution in [3.05, 3.63) is 63.3 Å². The molecular weight excluding hydrogens is 245 g/mol. The van der Waals surface area contributed by atoms with E-state index in [0.29, 0.717) is 11.3 Å². The molecule has 4 nitrogen and oxygen atoms in total. The highest BCUT2D eigenvalue weighted by Gasteiger charge is 2.05. The summed E-state index contributed by atoms with van der Waals surface area (Å²) < 4.78 is 14.6. The van der Waals surface area contributed by atoms with E-state index in [9.17, 15) is 9.18 Å². The van der Waals surface area contributed by atoms with Gasteiger partial charge in [0, 0.05) is 12.3 Å². The van der Waals surface area contributed by atoms with Gasteiger partial charge in [-0.3, -0.25) is 4.79 Å². The molecule has 0 amide bonds. The number of nitriles is 1. The van der Waals surface area contributed by atoms with Crippen molar-refractivity contribution in [1.82, 2.24) is 4.57 Å². The summed E-state index contributed by atoms with van der Waals surface area (Å²) in [5.74, 6) is -0.568. The molecule has 0 atom stereocenters. The minimum Gasteiger partial charge on any atom is -0.397 e. The topological polar surface area (TPSA) is 71.8 Å². The van der Waals surface area contributed by atoms with Crippen molar-refractivity contribution in [2.24, 2.45) is 0 Å². The van der Waals surface area contributed by atoms with Crippen LogP contribution in [0, 0.1) is 24.1 Å². The maximum atomic E-state index is 13.2. The molecule has 0 fully saturated rings. The second-order valence-electron chi connectivity index (χ2n) is 4.30. The van der Waals surface area contributed by atoms with E-state index >= 15 is 0 Å². The number of hydrogen-bond donors (Lipinski definition) is 1. The number of nitrogens with two attached hydrogens (primary N) is 1. The summed E-state index contributed by atoms with van der Waals surface area (Å²) in [6.45, 7) is 2.00. The number of nitrogens with zero attached hydrogens (tertiary/aromatic N) is 2. The van der Waals surface area contributed by atoms with Gasteiger partial charge in [0.15, 0.2) is 0 Å². The largest absolute Gasteiger partial charge is 0.397 e. The molecule has 0 spiro atoms. The van der Waals surface area contributed by atoms with E-state index in [1.807, 2.05) is 0 Å². The van der Waals surface area contributed by atoms with Crippen molar-refractivity contribution in [2.75, 3.05) is 5.73 Å². The standard InChI is InChI=1S/C14H12FN3O/c1-9-4-14(19)18(8-13(9)17)7-10-2-3-12(15)11(5-10)6-16/h2-5,8H,7,17H2,1H3. The van der Waals surface area contributed by atoms with E-state index in [4.69, 9.17) is 11.0 Å². The molecule has 96 valence electrons. The summed E-state index contributed by atoms with van der Waals surface area (Å²) >= 11 is 0. The van der Waals surface area contributed by atoms with Crippen molar-refractivity contribution < 1.29 is 4.39 Å². The van der Waals surface area contributed by atoms with Crippen LogP contribution in [0.25, 0.3) is 0 Å². The average molecular weight is 257 g/mol. The summed E-state index contributed by atoms with van der Waals surface area (Å²) in [4.78, 5) is 11.8. The van der Waals surface area contributed by atoms with Gasteiger partial charge < -0.3 is 10.3 Å². The van der Waals surface area contributed by atoms with Gasteiger partial charge in [0.2, 0.25) is 0 Å². The first kappa shape index (κ1) is 12.8. The summed E-state index contributed by atoms with van der Waals surface area (Å²) in [5, 5.41) is 8.77. The van der Waals surface area contributed by atoms with Crippen molar-refractivity contribution >= 4 is 5.69 Å². The van der Waals surface area contributed by atoms with E-state index in [-0.39, 0.29) is 17.7 Å². The van der Waals surface area contributed by atoms with Crippen LogP contribution in [-0.2, 0) is 6.54 Å². The first-order valence-electron chi connectivity index (χ1n) is 5.66. The van der Waals surface area contributed by atoms with E-state index in [1.54, 1.807) is 25.3 Å². The van der Waals surface area contributed by atoms with Crippen molar-refractivity contribution in [2.45, 2.75) is 13.5 Å². The molecule has 5 heteroatoms. The van der Waals surface area contributed by atoms with Gasteiger partial charge in [-0.2, -0.15) is 5.26 Å². The summed E-state index contributed by atoms with van der Waals surface area (Å²) in [6, 6.07) is 7.41. The summed E-state index contributed by atoms with van der Waals surface area (Å²) in [5.41, 5.74) is 7.44. The molecule has 1 aromatic heterocycles. The first-order valence-corrected chi connectivity index (χ1v) is 5.66. The number of nitrogen functional groups attached to an aromatic ring is 1. The second kappa shape index (κ2) is 4.94. The predicted octanol–water partition coefficient (Wildman–Crippen LogP) is 1.80. The summed E-state index contributed by atoms with van der Waals surface area (Å²) in [6.07, 6.45) is 1.55. The van der Waals surface area contributed by atoms with Gasteiger partial charge in [-0.25, -0.2) is 4.39 Å². The van der Waals surface area contributed by atoms with Gasteiger partial charge in [0.1, 0.15) is 11.9 Å². The van der Waals surface area contributed by atoms with Gasteiger partial charge in [-0.05, 0) is 30.2 Å². The van der Waals surface area contributed by atoms with Crippen molar-refractivity contribution in [3.63, 3.8) is 0 Å². The van der Waals surface area contributed by atoms with Gasteiger partial charge in [-0.15, -0.1) is 0 Å². The Hall–Kier alpha value is -2.61. The van der Waals surface area contributed by atoms with Crippen LogP contribution in [0.2, 0.25) is 0 Å². The van der Waals surface area contributed by atoms with E-state index in [1.165, 1.54) is 22.8 Å². The Balaban J connectivity index is 2.40. The van der Waals surface area contributed by atoms with Crippen molar-refractivity contribution in [3.8, 4) is 6.07 Å². The molecule has 2 rings (SSSR count). The molecule has 2 N–H and O–H groups in total. The van der Waals surface area contributed by atoms with Gasteiger partial charge in [0.25, 0.3) is 5.56 Å². The normalized spacial score (nSPS) is 10.2. The summed E-state index contributed by atoms with van der Waals surface area (Å²) in [7, 11) is 0. The fraction of sp³-hybridized carbons (Fsp3) is 0.143. The molecule has 0 aliphatic carbocycles. The Morgan fingerprint density at radius 1 is 1.42 bits per heavy atom. The first-order chi connectivity index (χ1) is 9.01. The predicted molar refractivity (Wildman–Crippen MR) is 70.1 cm³/mol. The zero-order valence-corrected chi connectivity index (χ0v) is 10.4. The Labute approximate surface area is 109 Å². The SMILES string of the molecule is Cc1cc(=O)n(Cc2ccc(F)c(C#N)c2)cc1N. The Bertz CT molecular complexity index is 728. The molecule has 0 unspecified atom stereocenters. The van der Waals surface area contributed by atoms with Crippen LogP contribution < -0.4 is 11.3 Å². The molecule has 0 aliphatic rings. The third-order valence-corrected chi connectivity index (χ3v) is 2.88. The molecule has 0 saturated carbocycles. The Morgan fingerprint density at radius 3 is 2.84 bits per heavy atom. The van der Waals surface area contributed by atoms with Crippen LogP contribution in [-0.4, -0.2) is 4.57 Å². The Morgan fingerprint density at radius 2 is 2.16 bits per heavy atom. The highest BCUT2D eigenvalue weighted by molar-refractivity contribution is 5.43. The molecule has 19 heavy (non-hydrogen) atoms. The molecule has 1 heterocycles. The van der Waals surface area contributed by atoms with Crippen LogP contribution in [0.5, 0.6) is 0 Å². The maximum absolute atomic E-state index is 13.2. The lowest BCUT2D eigenvalue weighted by molar-refractivity contribution is 0.622. The zero-order chi connectivity index (χ0) is 14.0. The minimum atomic E-state index is -0.568. The van der Waals surface area contributed by atoms with E-state index in [0.717, 1.165) is 5.56 Å². The lowest BCUT2D eigenvalue weighted by Gasteiger charge is -2.09. The minimum absolute atomic E-state index is 0.0365. The van der Waals surface area contributed by atoms with Crippen LogP contribution in [0.3, 0.4) is 0 Å². The average Bonchev–Trinajstić information content (AvgIpc) is 2.38. The fourth-order valence-electron chi connectivity index (χ4n) is 1.76. The molecule has 1 aromatic carbocycles. The number of benzene rings is 1. The lowest BCUT2D eigenvalue weighted by atomic mass is 10.1. The third kappa shape index (κ3) is 2.63. The number of aryl methyl sites for hydroxylation is 1. The molecule has 0 saturated heterocycles. The van der Waals surface area contributed by atoms with Crippen LogP contribution >= 0.6 is 0 Å². The van der Waals surface area contributed by atoms with Gasteiger partial charge in [0.05, 0.1) is 17.8 Å². The fourth-order valence-corrected chi connectivity index (χ4v) is 1.76. The highest BCUT2D eigenvalue weighted by Crippen LogP contribution is 2.12. The number of hydrogen-bond acceptors (Lipinski definition) is 3. The molecule has 0 radical (unpaired) electrons. The highest BCUT2D eigenvalue weighted by atomic mass is 19.1. The second-order valence-corrected chi connectivity index (χ2v) is 4.30. The molecule has 0 bridgehead atoms. The quantitative estimate of drug-likeness (QED) is 0.891. The number of halogens is 1. The smallest absolute Gasteiger partial charge is 0.251 e. The lowest BCUT2D eigenvalue weighted by Crippen LogP contribution is -2.20. The van der Waals surface area contributed by atoms with Gasteiger partial charge in [-0.1, -0.05) is 6.07 Å². The van der Waals surface area contributed by atoms with Crippen LogP contribution in [0.4, 0.5) is 10.1 Å². The van der Waals surface area contributed by atoms with Crippen LogP contribution in [0.1, 0.15) is 16.7 Å². The monoisotopic (exact) mass is 257 g/mol. The third-order valence-electron chi connectivity index (χ3n) is 2.88. The molecular formula is C14H12FN3O. The van der Waals surface area contributed by atoms with E-state index < -0.39 is 5.82 Å².